The van der Waals surface area contributed by atoms with Crippen molar-refractivity contribution < 1.29 is 56.6 Å². The van der Waals surface area contributed by atoms with Gasteiger partial charge in [0.25, 0.3) is 0 Å². The molecule has 4 aromatic carbocycles. The van der Waals surface area contributed by atoms with E-state index in [-0.39, 0.29) is 52.0 Å². The molecule has 0 amide bonds. The van der Waals surface area contributed by atoms with Gasteiger partial charge in [-0.15, -0.1) is 0 Å². The largest absolute Gasteiger partial charge is 0.212 e. The van der Waals surface area contributed by atoms with E-state index in [9.17, 15) is 0 Å². The molecule has 4 heterocycles. The minimum Gasteiger partial charge on any atom is -0.201 e. The second-order valence-electron chi connectivity index (χ2n) is 19.0. The summed E-state index contributed by atoms with van der Waals surface area (Å²) in [5, 5.41) is 0. The summed E-state index contributed by atoms with van der Waals surface area (Å²) in [6.45, 7) is -1.25. The highest BCUT2D eigenvalue weighted by Crippen LogP contribution is 2.30. The Morgan fingerprint density at radius 2 is 0.753 bits per heavy atom. The first-order valence-electron chi connectivity index (χ1n) is 37.9. The lowest BCUT2D eigenvalue weighted by molar-refractivity contribution is -0.661. The zero-order valence-electron chi connectivity index (χ0n) is 72.8. The van der Waals surface area contributed by atoms with E-state index >= 15 is 0 Å². The van der Waals surface area contributed by atoms with E-state index in [0.717, 1.165) is 72.8 Å². The van der Waals surface area contributed by atoms with Crippen LogP contribution in [0.3, 0.4) is 0 Å². The van der Waals surface area contributed by atoms with Crippen molar-refractivity contribution in [1.82, 2.24) is 0 Å². The fourth-order valence-corrected chi connectivity index (χ4v) is 8.68. The highest BCUT2D eigenvalue weighted by atomic mass is 14.9. The van der Waals surface area contributed by atoms with Crippen LogP contribution in [0.25, 0.3) is 45.0 Å². The second kappa shape index (κ2) is 29.8. The normalized spacial score (nSPS) is 18.7. The molecule has 0 aliphatic heterocycles. The molecular formula is C73H106N4+4. The summed E-state index contributed by atoms with van der Waals surface area (Å²) in [5.74, 6) is -3.41. The third-order valence-electron chi connectivity index (χ3n) is 12.9. The number of aromatic nitrogens is 4. The van der Waals surface area contributed by atoms with Gasteiger partial charge in [-0.2, -0.15) is 0 Å². The lowest BCUT2D eigenvalue weighted by atomic mass is 9.92. The van der Waals surface area contributed by atoms with Crippen molar-refractivity contribution in [2.45, 2.75) is 172 Å². The van der Waals surface area contributed by atoms with E-state index in [1.807, 2.05) is 39.0 Å². The first-order valence-corrected chi connectivity index (χ1v) is 23.9. The van der Waals surface area contributed by atoms with Crippen LogP contribution in [0.2, 0.25) is 0 Å². The van der Waals surface area contributed by atoms with E-state index in [4.69, 9.17) is 38.4 Å². The molecule has 4 aromatic heterocycles. The Hall–Kier alpha value is -6.52. The Morgan fingerprint density at radius 1 is 0.390 bits per heavy atom. The lowest BCUT2D eigenvalue weighted by Gasteiger charge is -2.14. The maximum absolute atomic E-state index is 8.34. The maximum Gasteiger partial charge on any atom is 0.212 e. The summed E-state index contributed by atoms with van der Waals surface area (Å²) in [6.07, 6.45) is 3.93. The Balaban J connectivity index is 0.000000692. The van der Waals surface area contributed by atoms with Gasteiger partial charge in [0.15, 0.2) is 24.8 Å². The molecule has 4 heteroatoms. The van der Waals surface area contributed by atoms with Crippen LogP contribution in [0.5, 0.6) is 0 Å². The maximum atomic E-state index is 8.34. The number of benzene rings is 4. The lowest BCUT2D eigenvalue weighted by Crippen LogP contribution is -2.31. The van der Waals surface area contributed by atoms with Crippen molar-refractivity contribution in [3.05, 3.63) is 211 Å². The number of hydrogen-bond acceptors (Lipinski definition) is 0. The predicted molar refractivity (Wildman–Crippen MR) is 338 cm³/mol. The van der Waals surface area contributed by atoms with Crippen molar-refractivity contribution in [3.8, 4) is 45.0 Å². The monoisotopic (exact) mass is 1070 g/mol. The summed E-state index contributed by atoms with van der Waals surface area (Å²) in [5.41, 5.74) is 15.0. The van der Waals surface area contributed by atoms with E-state index < -0.39 is 73.0 Å². The van der Waals surface area contributed by atoms with Gasteiger partial charge in [-0.05, 0) is 223 Å². The van der Waals surface area contributed by atoms with Gasteiger partial charge in [0.05, 0.1) is 0 Å². The van der Waals surface area contributed by atoms with Gasteiger partial charge in [0.1, 0.15) is 28.2 Å². The van der Waals surface area contributed by atoms with Crippen LogP contribution in [0.1, 0.15) is 203 Å². The molecule has 2 atom stereocenters. The van der Waals surface area contributed by atoms with Crippen LogP contribution in [0.4, 0.5) is 0 Å². The molecule has 0 saturated heterocycles. The fraction of sp³-hybridized carbons (Fsp3) is 0.397. The first-order chi connectivity index (χ1) is 45.4. The quantitative estimate of drug-likeness (QED) is 0.141. The van der Waals surface area contributed by atoms with Crippen LogP contribution in [-0.2, 0) is 34.6 Å². The van der Waals surface area contributed by atoms with Crippen molar-refractivity contribution in [3.63, 3.8) is 0 Å². The molecule has 2 unspecified atom stereocenters. The summed E-state index contributed by atoms with van der Waals surface area (Å²) in [6, 6.07) is 27.4. The van der Waals surface area contributed by atoms with Gasteiger partial charge in [-0.25, -0.2) is 18.3 Å². The average Bonchev–Trinajstić information content (AvgIpc) is 0.775. The molecule has 0 N–H and O–H groups in total. The van der Waals surface area contributed by atoms with E-state index in [2.05, 4.69) is 0 Å². The Labute approximate surface area is 512 Å². The van der Waals surface area contributed by atoms with Crippen LogP contribution in [0.15, 0.2) is 122 Å². The molecule has 414 valence electrons. The zero-order chi connectivity index (χ0) is 77.8. The van der Waals surface area contributed by atoms with Gasteiger partial charge in [0, 0.05) is 107 Å². The zero-order valence-corrected chi connectivity index (χ0v) is 44.8. The highest BCUT2D eigenvalue weighted by molar-refractivity contribution is 5.66. The summed E-state index contributed by atoms with van der Waals surface area (Å²) >= 11 is 0. The van der Waals surface area contributed by atoms with Gasteiger partial charge in [-0.1, -0.05) is 88.4 Å². The topological polar surface area (TPSA) is 15.5 Å². The second-order valence-corrected chi connectivity index (χ2v) is 19.0. The van der Waals surface area contributed by atoms with Gasteiger partial charge in [0.2, 0.25) is 22.8 Å². The van der Waals surface area contributed by atoms with Crippen LogP contribution in [-0.4, -0.2) is 0 Å². The van der Waals surface area contributed by atoms with E-state index in [1.165, 1.54) is 13.8 Å². The summed E-state index contributed by atoms with van der Waals surface area (Å²) in [4.78, 5) is 0. The SMILES string of the molecule is C.C.C.C.[2H]C([2H])([2H])c1cc(C)c(-c2ccc(C([2H])(C)C([2H])([2H])[2H])c[n+]2C)cc1C.[2H]C([2H])([2H])c1ccc(-c2cc(C)c(C([2H])(C)C([2H])([2H])[2H])cc2C)[n+](C)c1.[2H]C([2H])([2H])c1ccc(-c2cc(C)c(C([2H])([2H])C([2H])([2H])[2H])cc2C)[n+](C)c1.[2H]C([2H])([2H])c1ccc(-c2cc(C)c(C([2H])([2H])[2H])cc2C)[n+](C)c1. The average molecular weight is 1070 g/mol. The van der Waals surface area contributed by atoms with Crippen LogP contribution < -0.4 is 18.3 Å². The molecule has 0 aliphatic carbocycles. The van der Waals surface area contributed by atoms with Crippen molar-refractivity contribution in [2.75, 3.05) is 0 Å². The third kappa shape index (κ3) is 17.2. The smallest absolute Gasteiger partial charge is 0.201 e. The molecule has 0 fully saturated rings. The van der Waals surface area contributed by atoms with Gasteiger partial charge < -0.3 is 0 Å². The molecule has 0 saturated carbocycles. The molecule has 77 heavy (non-hydrogen) atoms. The van der Waals surface area contributed by atoms with Crippen molar-refractivity contribution in [1.29, 1.82) is 0 Å². The highest BCUT2D eigenvalue weighted by Gasteiger charge is 2.18. The Kier molecular flexibility index (Phi) is 13.6. The molecule has 0 bridgehead atoms. The molecule has 0 radical (unpaired) electrons. The fourth-order valence-electron chi connectivity index (χ4n) is 8.68. The third-order valence-corrected chi connectivity index (χ3v) is 12.9. The molecule has 8 aromatic rings. The number of hydrogen-bond donors (Lipinski definition) is 0. The number of nitrogens with zero attached hydrogens (tertiary/aromatic N) is 4. The summed E-state index contributed by atoms with van der Waals surface area (Å²) < 4.78 is 221. The number of pyridine rings is 4. The van der Waals surface area contributed by atoms with Crippen LogP contribution in [0, 0.1) is 89.6 Å². The number of rotatable bonds is 7. The molecule has 8 rings (SSSR count). The number of aryl methyl sites for hydroxylation is 18. The minimum absolute atomic E-state index is 0. The first kappa shape index (κ1) is 35.1. The van der Waals surface area contributed by atoms with Gasteiger partial charge in [-0.3, -0.25) is 0 Å². The van der Waals surface area contributed by atoms with Crippen LogP contribution >= 0.6 is 0 Å². The standard InChI is InChI=1S/2C18H24N.C17H22N.C16H20N.4CH4/c1-12(2)16-7-8-18(19(6)11-16)17-10-14(4)13(3)9-15(17)5;1-12(2)16-9-15(5)17(10-14(16)4)18-8-7-13(3)11-19(18)6;1-6-15-9-14(4)16(10-13(15)3)17-8-7-12(2)11-18(17)5;1-11-6-7-16(17(5)10-11)15-9-13(3)12(2)8-14(15)4;;;;/h2*7-12H,1-6H3;7-11H,6H2,1-5H3;6-10H,1-5H3;4*1H4/q4*+1;;;;/i2*1D3,3D3,12D;1D3,2D3,6D2;1D3,2D3;;;;. The molecule has 4 nitrogen and oxygen atoms in total. The Morgan fingerprint density at radius 3 is 1.12 bits per heavy atom. The molecule has 0 spiro atoms. The molecule has 0 aliphatic rings. The Bertz CT molecular complexity index is 4210. The van der Waals surface area contributed by atoms with E-state index in [1.54, 1.807) is 185 Å². The van der Waals surface area contributed by atoms with Crippen molar-refractivity contribution in [2.24, 2.45) is 28.2 Å². The minimum atomic E-state index is -2.77. The van der Waals surface area contributed by atoms with Gasteiger partial charge >= 0.3 is 0 Å². The summed E-state index contributed by atoms with van der Waals surface area (Å²) in [7, 11) is 7.11. The van der Waals surface area contributed by atoms with Crippen molar-refractivity contribution >= 4 is 0 Å². The van der Waals surface area contributed by atoms with E-state index in [0.29, 0.717) is 38.9 Å². The predicted octanol–water partition coefficient (Wildman–Crippen LogP) is 18.1. The molecular weight excluding hydrogens is 933 g/mol.